The van der Waals surface area contributed by atoms with E-state index >= 15 is 0 Å². The summed E-state index contributed by atoms with van der Waals surface area (Å²) >= 11 is 0. The predicted octanol–water partition coefficient (Wildman–Crippen LogP) is 9.84. The molecule has 0 amide bonds. The highest BCUT2D eigenvalue weighted by atomic mass is 15.0. The van der Waals surface area contributed by atoms with Crippen LogP contribution in [0.1, 0.15) is 11.1 Å². The van der Waals surface area contributed by atoms with Gasteiger partial charge in [-0.25, -0.2) is 4.85 Å². The van der Waals surface area contributed by atoms with E-state index in [1.165, 1.54) is 0 Å². The fraction of sp³-hybridized carbons (Fsp3) is 0. The number of nitriles is 2. The Hall–Kier alpha value is -6.61. The molecule has 2 heterocycles. The molecule has 0 aliphatic carbocycles. The van der Waals surface area contributed by atoms with Gasteiger partial charge in [0.15, 0.2) is 0 Å². The van der Waals surface area contributed by atoms with Gasteiger partial charge in [0, 0.05) is 32.8 Å². The van der Waals surface area contributed by atoms with Crippen molar-refractivity contribution in [3.63, 3.8) is 0 Å². The first-order chi connectivity index (χ1) is 21.7. The van der Waals surface area contributed by atoms with Crippen molar-refractivity contribution in [1.82, 2.24) is 9.13 Å². The van der Waals surface area contributed by atoms with Gasteiger partial charge < -0.3 is 9.13 Å². The number of rotatable bonds is 3. The molecule has 202 valence electrons. The van der Waals surface area contributed by atoms with Crippen molar-refractivity contribution in [2.24, 2.45) is 0 Å². The van der Waals surface area contributed by atoms with Crippen LogP contribution in [0, 0.1) is 29.2 Å². The molecule has 8 rings (SSSR count). The van der Waals surface area contributed by atoms with Gasteiger partial charge >= 0.3 is 0 Å². The minimum absolute atomic E-state index is 0.594. The van der Waals surface area contributed by atoms with Gasteiger partial charge in [0.1, 0.15) is 0 Å². The number of para-hydroxylation sites is 4. The molecular formula is C39H21N5. The monoisotopic (exact) mass is 559 g/mol. The number of hydrogen-bond acceptors (Lipinski definition) is 2. The molecule has 0 spiro atoms. The zero-order chi connectivity index (χ0) is 29.8. The van der Waals surface area contributed by atoms with E-state index in [0.717, 1.165) is 66.1 Å². The molecule has 0 aliphatic heterocycles. The molecule has 44 heavy (non-hydrogen) atoms. The lowest BCUT2D eigenvalue weighted by Crippen LogP contribution is -1.96. The lowest BCUT2D eigenvalue weighted by Gasteiger charge is -2.13. The molecule has 0 atom stereocenters. The van der Waals surface area contributed by atoms with Gasteiger partial charge in [0.05, 0.1) is 57.6 Å². The van der Waals surface area contributed by atoms with Crippen molar-refractivity contribution in [3.8, 4) is 34.6 Å². The molecule has 0 N–H and O–H groups in total. The fourth-order valence-electron chi connectivity index (χ4n) is 6.56. The van der Waals surface area contributed by atoms with Gasteiger partial charge in [0.2, 0.25) is 5.69 Å². The second-order valence-corrected chi connectivity index (χ2v) is 10.7. The topological polar surface area (TPSA) is 61.8 Å². The van der Waals surface area contributed by atoms with E-state index in [2.05, 4.69) is 80.7 Å². The SMILES string of the molecule is [C-]#[N+]c1ccccc1-n1c2ccccc2c2c(-c3cccc4c5cc(C#N)ccc5n(-c5ccc(C#N)cc5)c34)cccc21. The van der Waals surface area contributed by atoms with Crippen molar-refractivity contribution in [2.45, 2.75) is 0 Å². The van der Waals surface area contributed by atoms with E-state index in [-0.39, 0.29) is 0 Å². The van der Waals surface area contributed by atoms with E-state index < -0.39 is 0 Å². The second-order valence-electron chi connectivity index (χ2n) is 10.7. The van der Waals surface area contributed by atoms with E-state index in [4.69, 9.17) is 6.57 Å². The summed E-state index contributed by atoms with van der Waals surface area (Å²) in [7, 11) is 0. The molecule has 0 fully saturated rings. The largest absolute Gasteiger partial charge is 0.319 e. The van der Waals surface area contributed by atoms with Crippen LogP contribution >= 0.6 is 0 Å². The zero-order valence-corrected chi connectivity index (χ0v) is 23.4. The molecule has 8 aromatic rings. The third-order valence-electron chi connectivity index (χ3n) is 8.40. The third kappa shape index (κ3) is 3.56. The maximum Gasteiger partial charge on any atom is 0.210 e. The van der Waals surface area contributed by atoms with Crippen molar-refractivity contribution in [1.29, 1.82) is 10.5 Å². The Morgan fingerprint density at radius 2 is 1.20 bits per heavy atom. The van der Waals surface area contributed by atoms with E-state index in [0.29, 0.717) is 16.8 Å². The number of aromatic nitrogens is 2. The van der Waals surface area contributed by atoms with Crippen LogP contribution in [0.15, 0.2) is 127 Å². The normalized spacial score (nSPS) is 11.1. The molecule has 2 aromatic heterocycles. The van der Waals surface area contributed by atoms with Crippen LogP contribution in [-0.2, 0) is 0 Å². The summed E-state index contributed by atoms with van der Waals surface area (Å²) in [6.07, 6.45) is 0. The summed E-state index contributed by atoms with van der Waals surface area (Å²) in [5, 5.41) is 23.4. The Morgan fingerprint density at radius 1 is 0.545 bits per heavy atom. The lowest BCUT2D eigenvalue weighted by atomic mass is 9.97. The van der Waals surface area contributed by atoms with Crippen LogP contribution in [0.3, 0.4) is 0 Å². The highest BCUT2D eigenvalue weighted by Gasteiger charge is 2.21. The summed E-state index contributed by atoms with van der Waals surface area (Å²) in [6.45, 7) is 7.85. The minimum atomic E-state index is 0.594. The molecule has 0 saturated heterocycles. The number of hydrogen-bond donors (Lipinski definition) is 0. The highest BCUT2D eigenvalue weighted by Crippen LogP contribution is 2.44. The molecule has 5 heteroatoms. The van der Waals surface area contributed by atoms with E-state index in [1.54, 1.807) is 0 Å². The molecular weight excluding hydrogens is 538 g/mol. The molecule has 0 bridgehead atoms. The summed E-state index contributed by atoms with van der Waals surface area (Å²) in [5.41, 5.74) is 9.75. The standard InChI is InChI=1S/C39H21N5/c1-42-33-12-3-5-14-36(33)44-34-13-4-2-8-31(34)38-28(9-7-15-37(38)44)29-10-6-11-30-32-22-26(24-41)18-21-35(32)43(39(29)30)27-19-16-25(23-40)17-20-27/h2-22H. The molecule has 0 radical (unpaired) electrons. The predicted molar refractivity (Wildman–Crippen MR) is 176 cm³/mol. The summed E-state index contributed by atoms with van der Waals surface area (Å²) in [5.74, 6) is 0. The fourth-order valence-corrected chi connectivity index (χ4v) is 6.56. The van der Waals surface area contributed by atoms with Crippen LogP contribution in [0.5, 0.6) is 0 Å². The van der Waals surface area contributed by atoms with E-state index in [1.807, 2.05) is 72.8 Å². The van der Waals surface area contributed by atoms with Gasteiger partial charge in [-0.05, 0) is 66.2 Å². The van der Waals surface area contributed by atoms with Crippen molar-refractivity contribution < 1.29 is 0 Å². The molecule has 5 nitrogen and oxygen atoms in total. The molecule has 0 unspecified atom stereocenters. The lowest BCUT2D eigenvalue weighted by molar-refractivity contribution is 1.18. The van der Waals surface area contributed by atoms with Gasteiger partial charge in [0.25, 0.3) is 0 Å². The quantitative estimate of drug-likeness (QED) is 0.202. The van der Waals surface area contributed by atoms with Crippen LogP contribution in [0.4, 0.5) is 5.69 Å². The Labute approximate surface area is 253 Å². The minimum Gasteiger partial charge on any atom is -0.319 e. The number of benzene rings is 6. The molecule has 0 aliphatic rings. The van der Waals surface area contributed by atoms with Crippen LogP contribution in [0.2, 0.25) is 0 Å². The first kappa shape index (κ1) is 25.1. The highest BCUT2D eigenvalue weighted by molar-refractivity contribution is 6.20. The third-order valence-corrected chi connectivity index (χ3v) is 8.40. The second kappa shape index (κ2) is 9.74. The van der Waals surface area contributed by atoms with E-state index in [9.17, 15) is 10.5 Å². The Balaban J connectivity index is 1.53. The zero-order valence-electron chi connectivity index (χ0n) is 23.4. The van der Waals surface area contributed by atoms with Gasteiger partial charge in [-0.15, -0.1) is 0 Å². The van der Waals surface area contributed by atoms with Gasteiger partial charge in [-0.1, -0.05) is 66.7 Å². The Kier molecular flexibility index (Phi) is 5.56. The summed E-state index contributed by atoms with van der Waals surface area (Å²) in [4.78, 5) is 3.84. The van der Waals surface area contributed by atoms with Crippen molar-refractivity contribution >= 4 is 49.3 Å². The molecule has 6 aromatic carbocycles. The Bertz CT molecular complexity index is 2580. The summed E-state index contributed by atoms with van der Waals surface area (Å²) in [6, 6.07) is 46.7. The average molecular weight is 560 g/mol. The summed E-state index contributed by atoms with van der Waals surface area (Å²) < 4.78 is 4.42. The van der Waals surface area contributed by atoms with Gasteiger partial charge in [-0.3, -0.25) is 0 Å². The Morgan fingerprint density at radius 3 is 2.02 bits per heavy atom. The number of nitrogens with zero attached hydrogens (tertiary/aromatic N) is 5. The molecule has 0 saturated carbocycles. The first-order valence-electron chi connectivity index (χ1n) is 14.2. The van der Waals surface area contributed by atoms with Crippen molar-refractivity contribution in [3.05, 3.63) is 150 Å². The maximum absolute atomic E-state index is 9.73. The van der Waals surface area contributed by atoms with Crippen LogP contribution in [-0.4, -0.2) is 9.13 Å². The smallest absolute Gasteiger partial charge is 0.210 e. The van der Waals surface area contributed by atoms with Crippen LogP contribution < -0.4 is 0 Å². The van der Waals surface area contributed by atoms with Crippen LogP contribution in [0.25, 0.3) is 71.0 Å². The first-order valence-corrected chi connectivity index (χ1v) is 14.2. The van der Waals surface area contributed by atoms with Crippen molar-refractivity contribution in [2.75, 3.05) is 0 Å². The average Bonchev–Trinajstić information content (AvgIpc) is 3.61. The number of fused-ring (bicyclic) bond motifs is 6. The van der Waals surface area contributed by atoms with Gasteiger partial charge in [-0.2, -0.15) is 10.5 Å². The maximum atomic E-state index is 9.73.